The third-order valence-electron chi connectivity index (χ3n) is 4.88. The number of primary amides is 1. The highest BCUT2D eigenvalue weighted by Crippen LogP contribution is 2.27. The Kier molecular flexibility index (Phi) is 6.07. The molecule has 3 rings (SSSR count). The highest BCUT2D eigenvalue weighted by molar-refractivity contribution is 7.99. The Hall–Kier alpha value is -2.35. The van der Waals surface area contributed by atoms with Crippen LogP contribution < -0.4 is 5.73 Å². The zero-order chi connectivity index (χ0) is 20.3. The van der Waals surface area contributed by atoms with E-state index in [2.05, 4.69) is 43.1 Å². The SMILES string of the molecule is CC(C)(C)c1ccc(-c2nnc(SCC(=O)N3CCCC[C@H]3C(N)=O)o2)cc1. The van der Waals surface area contributed by atoms with E-state index in [9.17, 15) is 9.59 Å². The Morgan fingerprint density at radius 1 is 1.21 bits per heavy atom. The predicted octanol–water partition coefficient (Wildman–Crippen LogP) is 2.99. The Morgan fingerprint density at radius 3 is 2.57 bits per heavy atom. The third-order valence-corrected chi connectivity index (χ3v) is 5.68. The normalized spacial score (nSPS) is 17.5. The van der Waals surface area contributed by atoms with Crippen molar-refractivity contribution in [3.8, 4) is 11.5 Å². The number of aromatic nitrogens is 2. The molecule has 8 heteroatoms. The zero-order valence-corrected chi connectivity index (χ0v) is 17.3. The molecule has 2 heterocycles. The minimum Gasteiger partial charge on any atom is -0.411 e. The van der Waals surface area contributed by atoms with Gasteiger partial charge in [0.1, 0.15) is 6.04 Å². The molecule has 1 aliphatic heterocycles. The molecule has 1 aromatic heterocycles. The van der Waals surface area contributed by atoms with Crippen molar-refractivity contribution < 1.29 is 14.0 Å². The molecule has 1 fully saturated rings. The molecule has 1 saturated heterocycles. The number of nitrogens with zero attached hydrogens (tertiary/aromatic N) is 3. The monoisotopic (exact) mass is 402 g/mol. The van der Waals surface area contributed by atoms with Crippen molar-refractivity contribution in [2.24, 2.45) is 5.73 Å². The summed E-state index contributed by atoms with van der Waals surface area (Å²) in [4.78, 5) is 25.6. The first-order valence-corrected chi connectivity index (χ1v) is 10.4. The van der Waals surface area contributed by atoms with Crippen molar-refractivity contribution in [2.75, 3.05) is 12.3 Å². The molecule has 0 unspecified atom stereocenters. The molecular formula is C20H26N4O3S. The lowest BCUT2D eigenvalue weighted by molar-refractivity contribution is -0.138. The van der Waals surface area contributed by atoms with Crippen LogP contribution in [0.4, 0.5) is 0 Å². The van der Waals surface area contributed by atoms with Gasteiger partial charge in [0.05, 0.1) is 5.75 Å². The van der Waals surface area contributed by atoms with E-state index in [1.165, 1.54) is 17.3 Å². The first-order chi connectivity index (χ1) is 13.3. The van der Waals surface area contributed by atoms with E-state index in [1.54, 1.807) is 4.90 Å². The highest BCUT2D eigenvalue weighted by Gasteiger charge is 2.30. The van der Waals surface area contributed by atoms with Gasteiger partial charge in [-0.1, -0.05) is 44.7 Å². The second-order valence-corrected chi connectivity index (χ2v) is 8.92. The first-order valence-electron chi connectivity index (χ1n) is 9.42. The maximum Gasteiger partial charge on any atom is 0.277 e. The molecule has 28 heavy (non-hydrogen) atoms. The third kappa shape index (κ3) is 4.73. The lowest BCUT2D eigenvalue weighted by atomic mass is 9.87. The molecule has 1 atom stereocenters. The fourth-order valence-electron chi connectivity index (χ4n) is 3.23. The van der Waals surface area contributed by atoms with Gasteiger partial charge in [0.15, 0.2) is 0 Å². The van der Waals surface area contributed by atoms with Crippen molar-refractivity contribution >= 4 is 23.6 Å². The molecule has 2 aromatic rings. The average molecular weight is 403 g/mol. The van der Waals surface area contributed by atoms with Crippen molar-refractivity contribution in [2.45, 2.75) is 56.7 Å². The molecule has 7 nitrogen and oxygen atoms in total. The topological polar surface area (TPSA) is 102 Å². The van der Waals surface area contributed by atoms with Gasteiger partial charge >= 0.3 is 0 Å². The van der Waals surface area contributed by atoms with Crippen LogP contribution in [0.15, 0.2) is 33.9 Å². The minimum absolute atomic E-state index is 0.0754. The molecule has 0 saturated carbocycles. The average Bonchev–Trinajstić information content (AvgIpc) is 3.14. The predicted molar refractivity (Wildman–Crippen MR) is 108 cm³/mol. The maximum absolute atomic E-state index is 12.5. The van der Waals surface area contributed by atoms with E-state index in [0.717, 1.165) is 18.4 Å². The van der Waals surface area contributed by atoms with Gasteiger partial charge in [0.25, 0.3) is 5.22 Å². The van der Waals surface area contributed by atoms with E-state index >= 15 is 0 Å². The smallest absolute Gasteiger partial charge is 0.277 e. The molecule has 0 radical (unpaired) electrons. The van der Waals surface area contributed by atoms with Crippen LogP contribution in [0, 0.1) is 0 Å². The van der Waals surface area contributed by atoms with Crippen molar-refractivity contribution in [1.82, 2.24) is 15.1 Å². The number of nitrogens with two attached hydrogens (primary N) is 1. The zero-order valence-electron chi connectivity index (χ0n) is 16.5. The van der Waals surface area contributed by atoms with Gasteiger partial charge in [-0.15, -0.1) is 10.2 Å². The van der Waals surface area contributed by atoms with Crippen LogP contribution in [-0.4, -0.2) is 45.3 Å². The number of thioether (sulfide) groups is 1. The number of carbonyl (C=O) groups excluding carboxylic acids is 2. The van der Waals surface area contributed by atoms with Gasteiger partial charge in [0, 0.05) is 12.1 Å². The Morgan fingerprint density at radius 2 is 1.93 bits per heavy atom. The summed E-state index contributed by atoms with van der Waals surface area (Å²) < 4.78 is 5.69. The summed E-state index contributed by atoms with van der Waals surface area (Å²) in [6.07, 6.45) is 2.42. The van der Waals surface area contributed by atoms with Crippen LogP contribution in [0.1, 0.15) is 45.6 Å². The van der Waals surface area contributed by atoms with Crippen LogP contribution in [0.3, 0.4) is 0 Å². The van der Waals surface area contributed by atoms with Crippen LogP contribution in [-0.2, 0) is 15.0 Å². The summed E-state index contributed by atoms with van der Waals surface area (Å²) >= 11 is 1.18. The summed E-state index contributed by atoms with van der Waals surface area (Å²) in [5.41, 5.74) is 7.56. The molecule has 1 aromatic carbocycles. The van der Waals surface area contributed by atoms with E-state index in [-0.39, 0.29) is 17.1 Å². The second kappa shape index (κ2) is 8.34. The van der Waals surface area contributed by atoms with E-state index < -0.39 is 11.9 Å². The van der Waals surface area contributed by atoms with Gasteiger partial charge < -0.3 is 15.1 Å². The summed E-state index contributed by atoms with van der Waals surface area (Å²) in [5.74, 6) is -0.0306. The number of hydrogen-bond acceptors (Lipinski definition) is 6. The van der Waals surface area contributed by atoms with Crippen LogP contribution in [0.5, 0.6) is 0 Å². The van der Waals surface area contributed by atoms with E-state index in [0.29, 0.717) is 24.1 Å². The van der Waals surface area contributed by atoms with Crippen molar-refractivity contribution in [1.29, 1.82) is 0 Å². The Balaban J connectivity index is 1.61. The summed E-state index contributed by atoms with van der Waals surface area (Å²) in [5, 5.41) is 8.42. The first kappa shape index (κ1) is 20.4. The molecule has 1 aliphatic rings. The standard InChI is InChI=1S/C20H26N4O3S/c1-20(2,3)14-9-7-13(8-10-14)18-22-23-19(27-18)28-12-16(25)24-11-5-4-6-15(24)17(21)26/h7-10,15H,4-6,11-12H2,1-3H3,(H2,21,26)/t15-/m0/s1. The number of hydrogen-bond donors (Lipinski definition) is 1. The minimum atomic E-state index is -0.513. The molecule has 150 valence electrons. The number of rotatable bonds is 5. The molecular weight excluding hydrogens is 376 g/mol. The number of likely N-dealkylation sites (tertiary alicyclic amines) is 1. The van der Waals surface area contributed by atoms with Gasteiger partial charge in [-0.2, -0.15) is 0 Å². The molecule has 2 amide bonds. The van der Waals surface area contributed by atoms with Gasteiger partial charge in [-0.3, -0.25) is 9.59 Å². The Bertz CT molecular complexity index is 842. The molecule has 0 aliphatic carbocycles. The number of amides is 2. The van der Waals surface area contributed by atoms with Crippen molar-refractivity contribution in [3.63, 3.8) is 0 Å². The number of benzene rings is 1. The van der Waals surface area contributed by atoms with Gasteiger partial charge in [-0.05, 0) is 42.4 Å². The fourth-order valence-corrected chi connectivity index (χ4v) is 3.88. The highest BCUT2D eigenvalue weighted by atomic mass is 32.2. The quantitative estimate of drug-likeness (QED) is 0.771. The molecule has 0 bridgehead atoms. The van der Waals surface area contributed by atoms with Gasteiger partial charge in [-0.25, -0.2) is 0 Å². The van der Waals surface area contributed by atoms with Crippen LogP contribution in [0.25, 0.3) is 11.5 Å². The van der Waals surface area contributed by atoms with E-state index in [1.807, 2.05) is 12.1 Å². The fraction of sp³-hybridized carbons (Fsp3) is 0.500. The molecule has 2 N–H and O–H groups in total. The molecule has 0 spiro atoms. The van der Waals surface area contributed by atoms with E-state index in [4.69, 9.17) is 10.2 Å². The lowest BCUT2D eigenvalue weighted by Gasteiger charge is -2.33. The summed E-state index contributed by atoms with van der Waals surface area (Å²) in [6.45, 7) is 7.03. The largest absolute Gasteiger partial charge is 0.411 e. The Labute approximate surface area is 169 Å². The van der Waals surface area contributed by atoms with Crippen molar-refractivity contribution in [3.05, 3.63) is 29.8 Å². The summed E-state index contributed by atoms with van der Waals surface area (Å²) in [7, 11) is 0. The maximum atomic E-state index is 12.5. The van der Waals surface area contributed by atoms with Crippen LogP contribution in [0.2, 0.25) is 0 Å². The number of carbonyl (C=O) groups is 2. The lowest BCUT2D eigenvalue weighted by Crippen LogP contribution is -2.51. The number of piperidine rings is 1. The van der Waals surface area contributed by atoms with Gasteiger partial charge in [0.2, 0.25) is 17.7 Å². The van der Waals surface area contributed by atoms with Crippen LogP contribution >= 0.6 is 11.8 Å². The summed E-state index contributed by atoms with van der Waals surface area (Å²) in [6, 6.07) is 7.51. The second-order valence-electron chi connectivity index (χ2n) is 7.99.